The number of nitrogens with zero attached hydrogens (tertiary/aromatic N) is 3. The first-order valence-corrected chi connectivity index (χ1v) is 14.5. The molecule has 1 heterocycles. The van der Waals surface area contributed by atoms with Crippen molar-refractivity contribution in [2.45, 2.75) is 26.1 Å². The minimum atomic E-state index is -4.60. The quantitative estimate of drug-likeness (QED) is 0.270. The average molecular weight is 622 g/mol. The van der Waals surface area contributed by atoms with E-state index in [1.54, 1.807) is 44.2 Å². The highest BCUT2D eigenvalue weighted by Crippen LogP contribution is 2.24. The fourth-order valence-corrected chi connectivity index (χ4v) is 5.57. The monoisotopic (exact) mass is 621 g/mol. The van der Waals surface area contributed by atoms with Crippen molar-refractivity contribution in [3.05, 3.63) is 59.2 Å². The second-order valence-electron chi connectivity index (χ2n) is 9.82. The van der Waals surface area contributed by atoms with Crippen LogP contribution >= 0.6 is 0 Å². The number of carboxylic acid groups (broad SMARTS) is 1. The van der Waals surface area contributed by atoms with Crippen molar-refractivity contribution < 1.29 is 41.0 Å². The molecule has 1 aliphatic heterocycles. The predicted octanol–water partition coefficient (Wildman–Crippen LogP) is 2.35. The summed E-state index contributed by atoms with van der Waals surface area (Å²) in [6.07, 6.45) is -4.60. The van der Waals surface area contributed by atoms with E-state index in [0.29, 0.717) is 24.2 Å². The van der Waals surface area contributed by atoms with Crippen LogP contribution < -0.4 is 19.7 Å². The number of carbonyl (C=O) groups excluding carboxylic acids is 1. The fraction of sp³-hybridized carbons (Fsp3) is 0.393. The fourth-order valence-electron chi connectivity index (χ4n) is 4.08. The molecule has 0 saturated carbocycles. The highest BCUT2D eigenvalue weighted by atomic mass is 32.2. The number of aliphatic carboxylic acids is 1. The van der Waals surface area contributed by atoms with Crippen LogP contribution in [0.25, 0.3) is 0 Å². The van der Waals surface area contributed by atoms with E-state index >= 15 is 0 Å². The Hall–Kier alpha value is -4.31. The van der Waals surface area contributed by atoms with Crippen LogP contribution in [0.5, 0.6) is 5.75 Å². The standard InChI is InChI=1S/C28H30F3N5O6S/c1-19(2)25(27(38)39)34-43(40,41)36-15-13-35(14-16-36)22-8-5-20(6-9-22)3-4-21-7-10-24(42-18-28(29,30)31)23(17-21)26(37)33-12-11-32/h5-10,17,19,25,34H,12-16,18H2,1-2H3,(H,33,37)(H,38,39)/t25-/m1/s1. The van der Waals surface area contributed by atoms with Crippen molar-refractivity contribution in [3.63, 3.8) is 0 Å². The summed E-state index contributed by atoms with van der Waals surface area (Å²) in [6.45, 7) is 2.39. The molecule has 0 aliphatic carbocycles. The molecular weight excluding hydrogens is 591 g/mol. The first-order chi connectivity index (χ1) is 20.2. The van der Waals surface area contributed by atoms with Crippen LogP contribution in [0.2, 0.25) is 0 Å². The van der Waals surface area contributed by atoms with Crippen molar-refractivity contribution >= 4 is 27.8 Å². The van der Waals surface area contributed by atoms with Gasteiger partial charge in [-0.25, -0.2) is 0 Å². The Kier molecular flexibility index (Phi) is 11.0. The third-order valence-electron chi connectivity index (χ3n) is 6.31. The summed E-state index contributed by atoms with van der Waals surface area (Å²) in [6, 6.07) is 11.5. The summed E-state index contributed by atoms with van der Waals surface area (Å²) in [5.41, 5.74) is 1.57. The van der Waals surface area contributed by atoms with Gasteiger partial charge in [0.15, 0.2) is 6.61 Å². The topological polar surface area (TPSA) is 152 Å². The number of piperazine rings is 1. The molecule has 2 aromatic carbocycles. The molecule has 3 N–H and O–H groups in total. The van der Waals surface area contributed by atoms with Gasteiger partial charge in [-0.2, -0.15) is 35.9 Å². The molecular formula is C28H30F3N5O6S. The molecule has 0 radical (unpaired) electrons. The minimum absolute atomic E-state index is 0.161. The van der Waals surface area contributed by atoms with Crippen LogP contribution in [0.1, 0.15) is 35.3 Å². The highest BCUT2D eigenvalue weighted by molar-refractivity contribution is 7.87. The number of amides is 1. The van der Waals surface area contributed by atoms with Gasteiger partial charge in [0.05, 0.1) is 11.6 Å². The van der Waals surface area contributed by atoms with Gasteiger partial charge in [-0.05, 0) is 48.4 Å². The van der Waals surface area contributed by atoms with Crippen molar-refractivity contribution in [2.24, 2.45) is 5.92 Å². The molecule has 230 valence electrons. The zero-order valence-corrected chi connectivity index (χ0v) is 24.1. The van der Waals surface area contributed by atoms with E-state index in [2.05, 4.69) is 21.9 Å². The lowest BCUT2D eigenvalue weighted by atomic mass is 10.1. The van der Waals surface area contributed by atoms with Gasteiger partial charge < -0.3 is 20.1 Å². The molecule has 15 heteroatoms. The molecule has 1 amide bonds. The number of nitriles is 1. The molecule has 3 rings (SSSR count). The maximum absolute atomic E-state index is 12.7. The predicted molar refractivity (Wildman–Crippen MR) is 150 cm³/mol. The smallest absolute Gasteiger partial charge is 0.422 e. The number of nitrogens with one attached hydrogen (secondary N) is 2. The van der Waals surface area contributed by atoms with Crippen LogP contribution in [-0.4, -0.2) is 81.3 Å². The molecule has 1 aliphatic rings. The number of benzene rings is 2. The number of rotatable bonds is 10. The second kappa shape index (κ2) is 14.2. The van der Waals surface area contributed by atoms with E-state index in [0.717, 1.165) is 5.69 Å². The molecule has 43 heavy (non-hydrogen) atoms. The minimum Gasteiger partial charge on any atom is -0.483 e. The summed E-state index contributed by atoms with van der Waals surface area (Å²) >= 11 is 0. The SMILES string of the molecule is CC(C)[C@@H](NS(=O)(=O)N1CCN(c2ccc(C#Cc3ccc(OCC(F)(F)F)c(C(=O)NCC#N)c3)cc2)CC1)C(=O)O. The van der Waals surface area contributed by atoms with Crippen LogP contribution in [0.15, 0.2) is 42.5 Å². The molecule has 0 bridgehead atoms. The molecule has 1 atom stereocenters. The molecule has 1 fully saturated rings. The third kappa shape index (κ3) is 9.61. The first kappa shape index (κ1) is 33.2. The lowest BCUT2D eigenvalue weighted by molar-refractivity contribution is -0.153. The number of ether oxygens (including phenoxy) is 1. The number of hydrogen-bond donors (Lipinski definition) is 3. The van der Waals surface area contributed by atoms with E-state index in [1.165, 1.54) is 22.5 Å². The maximum atomic E-state index is 12.7. The lowest BCUT2D eigenvalue weighted by Gasteiger charge is -2.36. The summed E-state index contributed by atoms with van der Waals surface area (Å²) < 4.78 is 71.5. The molecule has 2 aromatic rings. The third-order valence-corrected chi connectivity index (χ3v) is 7.91. The molecule has 11 nitrogen and oxygen atoms in total. The van der Waals surface area contributed by atoms with E-state index < -0.39 is 46.8 Å². The van der Waals surface area contributed by atoms with Crippen LogP contribution in [0, 0.1) is 29.1 Å². The number of halogens is 3. The summed E-state index contributed by atoms with van der Waals surface area (Å²) in [4.78, 5) is 25.8. The molecule has 1 saturated heterocycles. The van der Waals surface area contributed by atoms with Gasteiger partial charge in [0.25, 0.3) is 16.1 Å². The Morgan fingerprint density at radius 2 is 1.65 bits per heavy atom. The van der Waals surface area contributed by atoms with Gasteiger partial charge in [-0.15, -0.1) is 0 Å². The molecule has 0 unspecified atom stereocenters. The number of hydrogen-bond acceptors (Lipinski definition) is 7. The van der Waals surface area contributed by atoms with Crippen molar-refractivity contribution in [3.8, 4) is 23.7 Å². The zero-order chi connectivity index (χ0) is 31.8. The van der Waals surface area contributed by atoms with Crippen LogP contribution in [0.4, 0.5) is 18.9 Å². The second-order valence-corrected chi connectivity index (χ2v) is 11.5. The number of carbonyl (C=O) groups is 2. The average Bonchev–Trinajstić information content (AvgIpc) is 2.96. The van der Waals surface area contributed by atoms with Gasteiger partial charge in [-0.1, -0.05) is 25.7 Å². The normalized spacial score (nSPS) is 14.8. The summed E-state index contributed by atoms with van der Waals surface area (Å²) in [5, 5.41) is 20.3. The van der Waals surface area contributed by atoms with Crippen molar-refractivity contribution in [1.29, 1.82) is 5.26 Å². The van der Waals surface area contributed by atoms with Gasteiger partial charge in [0, 0.05) is 43.0 Å². The number of carboxylic acids is 1. The van der Waals surface area contributed by atoms with Crippen LogP contribution in [-0.2, 0) is 15.0 Å². The lowest BCUT2D eigenvalue weighted by Crippen LogP contribution is -2.55. The molecule has 0 aromatic heterocycles. The Labute approximate surface area is 247 Å². The highest BCUT2D eigenvalue weighted by Gasteiger charge is 2.33. The zero-order valence-electron chi connectivity index (χ0n) is 23.3. The van der Waals surface area contributed by atoms with Crippen LogP contribution in [0.3, 0.4) is 0 Å². The van der Waals surface area contributed by atoms with Crippen molar-refractivity contribution in [1.82, 2.24) is 14.3 Å². The van der Waals surface area contributed by atoms with Gasteiger partial charge in [0.1, 0.15) is 18.3 Å². The number of alkyl halides is 3. The van der Waals surface area contributed by atoms with Crippen molar-refractivity contribution in [2.75, 3.05) is 44.2 Å². The van der Waals surface area contributed by atoms with Gasteiger partial charge >= 0.3 is 12.1 Å². The first-order valence-electron chi connectivity index (χ1n) is 13.1. The van der Waals surface area contributed by atoms with E-state index in [9.17, 15) is 36.3 Å². The van der Waals surface area contributed by atoms with E-state index in [4.69, 9.17) is 10.00 Å². The van der Waals surface area contributed by atoms with Gasteiger partial charge in [0.2, 0.25) is 0 Å². The summed E-state index contributed by atoms with van der Waals surface area (Å²) in [5.74, 6) is 3.03. The number of anilines is 1. The Balaban J connectivity index is 1.67. The molecule has 0 spiro atoms. The maximum Gasteiger partial charge on any atom is 0.422 e. The van der Waals surface area contributed by atoms with Gasteiger partial charge in [-0.3, -0.25) is 9.59 Å². The largest absolute Gasteiger partial charge is 0.483 e. The Bertz CT molecular complexity index is 1520. The Morgan fingerprint density at radius 3 is 2.21 bits per heavy atom. The Morgan fingerprint density at radius 1 is 1.05 bits per heavy atom. The van der Waals surface area contributed by atoms with E-state index in [1.807, 2.05) is 4.90 Å². The van der Waals surface area contributed by atoms with E-state index in [-0.39, 0.29) is 30.9 Å². The summed E-state index contributed by atoms with van der Waals surface area (Å²) in [7, 11) is -3.98.